The van der Waals surface area contributed by atoms with Gasteiger partial charge >= 0.3 is 0 Å². The molecular weight excluding hydrogens is 186 g/mol. The lowest BCUT2D eigenvalue weighted by Crippen LogP contribution is -2.29. The predicted molar refractivity (Wildman–Crippen MR) is 64.7 cm³/mol. The highest BCUT2D eigenvalue weighted by molar-refractivity contribution is 4.67. The molecule has 1 saturated carbocycles. The highest BCUT2D eigenvalue weighted by Gasteiger charge is 2.17. The average molecular weight is 213 g/mol. The van der Waals surface area contributed by atoms with Gasteiger partial charge in [0, 0.05) is 6.54 Å². The molecule has 1 aliphatic carbocycles. The van der Waals surface area contributed by atoms with Crippen LogP contribution in [0.1, 0.15) is 71.1 Å². The lowest BCUT2D eigenvalue weighted by Gasteiger charge is -2.25. The Kier molecular flexibility index (Phi) is 7.94. The highest BCUT2D eigenvalue weighted by atomic mass is 16.7. The summed E-state index contributed by atoms with van der Waals surface area (Å²) in [5, 5.41) is 0. The van der Waals surface area contributed by atoms with Crippen molar-refractivity contribution in [2.24, 2.45) is 0 Å². The van der Waals surface area contributed by atoms with E-state index >= 15 is 0 Å². The third kappa shape index (κ3) is 6.91. The second-order valence-corrected chi connectivity index (χ2v) is 4.69. The Balaban J connectivity index is 1.66. The quantitative estimate of drug-likeness (QED) is 0.440. The Morgan fingerprint density at radius 2 is 1.67 bits per heavy atom. The van der Waals surface area contributed by atoms with Gasteiger partial charge in [0.25, 0.3) is 0 Å². The molecule has 1 fully saturated rings. The monoisotopic (exact) mass is 213 g/mol. The van der Waals surface area contributed by atoms with Crippen LogP contribution in [0.15, 0.2) is 0 Å². The van der Waals surface area contributed by atoms with E-state index in [1.165, 1.54) is 64.2 Å². The van der Waals surface area contributed by atoms with Crippen LogP contribution in [0.3, 0.4) is 0 Å². The van der Waals surface area contributed by atoms with E-state index in [4.69, 9.17) is 4.84 Å². The van der Waals surface area contributed by atoms with Crippen LogP contribution in [-0.4, -0.2) is 12.6 Å². The molecule has 0 bridgehead atoms. The Labute approximate surface area is 94.7 Å². The minimum atomic E-state index is 0.523. The van der Waals surface area contributed by atoms with Gasteiger partial charge in [-0.3, -0.25) is 4.84 Å². The van der Waals surface area contributed by atoms with Gasteiger partial charge in [-0.05, 0) is 25.7 Å². The molecule has 0 spiro atoms. The molecule has 0 aromatic rings. The summed E-state index contributed by atoms with van der Waals surface area (Å²) < 4.78 is 0. The Morgan fingerprint density at radius 1 is 1.00 bits per heavy atom. The van der Waals surface area contributed by atoms with Crippen molar-refractivity contribution in [2.75, 3.05) is 6.54 Å². The van der Waals surface area contributed by atoms with Crippen molar-refractivity contribution in [3.8, 4) is 0 Å². The van der Waals surface area contributed by atoms with E-state index in [2.05, 4.69) is 12.4 Å². The molecule has 0 atom stereocenters. The maximum absolute atomic E-state index is 5.47. The maximum atomic E-state index is 5.47. The smallest absolute Gasteiger partial charge is 0.0790 e. The van der Waals surface area contributed by atoms with Gasteiger partial charge in [-0.15, -0.1) is 0 Å². The fraction of sp³-hybridized carbons (Fsp3) is 1.00. The second kappa shape index (κ2) is 9.17. The van der Waals surface area contributed by atoms with Gasteiger partial charge in [-0.1, -0.05) is 45.4 Å². The topological polar surface area (TPSA) is 21.3 Å². The molecule has 1 aliphatic rings. The average Bonchev–Trinajstić information content (AvgIpc) is 2.18. The third-order valence-electron chi connectivity index (χ3n) is 3.18. The Bertz CT molecular complexity index is 134. The van der Waals surface area contributed by atoms with E-state index < -0.39 is 0 Å². The molecule has 2 heteroatoms. The molecule has 0 aromatic carbocycles. The molecular formula is C13H27NO. The number of hydrogen-bond donors (Lipinski definition) is 1. The Hall–Kier alpha value is -0.0800. The van der Waals surface area contributed by atoms with Crippen LogP contribution < -0.4 is 5.48 Å². The van der Waals surface area contributed by atoms with Gasteiger partial charge in [0.15, 0.2) is 0 Å². The molecule has 0 amide bonds. The van der Waals surface area contributed by atoms with Crippen LogP contribution >= 0.6 is 0 Å². The first kappa shape index (κ1) is 13.0. The standard InChI is InChI=1S/C13H27NO/c1-2-3-4-5-6-7-8-12-14-15-13-10-9-11-13/h13-14H,2-12H2,1H3. The van der Waals surface area contributed by atoms with Gasteiger partial charge in [0.05, 0.1) is 6.10 Å². The van der Waals surface area contributed by atoms with Crippen molar-refractivity contribution in [2.45, 2.75) is 77.2 Å². The van der Waals surface area contributed by atoms with Crippen LogP contribution in [0.2, 0.25) is 0 Å². The number of rotatable bonds is 10. The molecule has 0 radical (unpaired) electrons. The van der Waals surface area contributed by atoms with Crippen LogP contribution in [0.5, 0.6) is 0 Å². The molecule has 2 nitrogen and oxygen atoms in total. The third-order valence-corrected chi connectivity index (χ3v) is 3.18. The number of hydroxylamine groups is 1. The van der Waals surface area contributed by atoms with Gasteiger partial charge < -0.3 is 0 Å². The number of nitrogens with one attached hydrogen (secondary N) is 1. The van der Waals surface area contributed by atoms with E-state index in [9.17, 15) is 0 Å². The lowest BCUT2D eigenvalue weighted by molar-refractivity contribution is -0.0632. The molecule has 15 heavy (non-hydrogen) atoms. The van der Waals surface area contributed by atoms with E-state index in [1.54, 1.807) is 0 Å². The summed E-state index contributed by atoms with van der Waals surface area (Å²) in [6.45, 7) is 3.30. The van der Waals surface area contributed by atoms with Crippen molar-refractivity contribution in [1.29, 1.82) is 0 Å². The van der Waals surface area contributed by atoms with Gasteiger partial charge in [0.1, 0.15) is 0 Å². The van der Waals surface area contributed by atoms with Gasteiger partial charge in [-0.25, -0.2) is 5.48 Å². The van der Waals surface area contributed by atoms with E-state index in [0.717, 1.165) is 6.54 Å². The first-order chi connectivity index (χ1) is 7.43. The summed E-state index contributed by atoms with van der Waals surface area (Å²) in [5.74, 6) is 0. The Morgan fingerprint density at radius 3 is 2.27 bits per heavy atom. The van der Waals surface area contributed by atoms with Crippen molar-refractivity contribution in [1.82, 2.24) is 5.48 Å². The van der Waals surface area contributed by atoms with Gasteiger partial charge in [-0.2, -0.15) is 0 Å². The van der Waals surface area contributed by atoms with E-state index in [-0.39, 0.29) is 0 Å². The zero-order valence-electron chi connectivity index (χ0n) is 10.3. The summed E-state index contributed by atoms with van der Waals surface area (Å²) >= 11 is 0. The largest absolute Gasteiger partial charge is 0.299 e. The summed E-state index contributed by atoms with van der Waals surface area (Å²) in [6, 6.07) is 0. The number of hydrogen-bond acceptors (Lipinski definition) is 2. The SMILES string of the molecule is CCCCCCCCCNOC1CCC1. The second-order valence-electron chi connectivity index (χ2n) is 4.69. The van der Waals surface area contributed by atoms with Crippen LogP contribution in [0.4, 0.5) is 0 Å². The van der Waals surface area contributed by atoms with Gasteiger partial charge in [0.2, 0.25) is 0 Å². The molecule has 0 aromatic heterocycles. The van der Waals surface area contributed by atoms with E-state index in [0.29, 0.717) is 6.10 Å². The minimum Gasteiger partial charge on any atom is -0.299 e. The van der Waals surface area contributed by atoms with Crippen molar-refractivity contribution in [3.63, 3.8) is 0 Å². The molecule has 0 unspecified atom stereocenters. The van der Waals surface area contributed by atoms with E-state index in [1.807, 2.05) is 0 Å². The molecule has 0 saturated heterocycles. The first-order valence-corrected chi connectivity index (χ1v) is 6.82. The summed E-state index contributed by atoms with van der Waals surface area (Å²) in [4.78, 5) is 5.47. The van der Waals surface area contributed by atoms with Crippen LogP contribution in [-0.2, 0) is 4.84 Å². The fourth-order valence-electron chi connectivity index (χ4n) is 1.82. The molecule has 1 rings (SSSR count). The normalized spacial score (nSPS) is 16.6. The molecule has 0 heterocycles. The fourth-order valence-corrected chi connectivity index (χ4v) is 1.82. The lowest BCUT2D eigenvalue weighted by atomic mass is 9.97. The van der Waals surface area contributed by atoms with Crippen LogP contribution in [0, 0.1) is 0 Å². The molecule has 1 N–H and O–H groups in total. The van der Waals surface area contributed by atoms with Crippen molar-refractivity contribution < 1.29 is 4.84 Å². The first-order valence-electron chi connectivity index (χ1n) is 6.82. The zero-order chi connectivity index (χ0) is 10.8. The van der Waals surface area contributed by atoms with Crippen molar-refractivity contribution in [3.05, 3.63) is 0 Å². The summed E-state index contributed by atoms with van der Waals surface area (Å²) in [6.07, 6.45) is 14.0. The molecule has 90 valence electrons. The minimum absolute atomic E-state index is 0.523. The summed E-state index contributed by atoms with van der Waals surface area (Å²) in [5.41, 5.74) is 3.09. The molecule has 0 aliphatic heterocycles. The zero-order valence-corrected chi connectivity index (χ0v) is 10.3. The maximum Gasteiger partial charge on any atom is 0.0790 e. The predicted octanol–water partition coefficient (Wildman–Crippen LogP) is 3.81. The van der Waals surface area contributed by atoms with Crippen LogP contribution in [0.25, 0.3) is 0 Å². The highest BCUT2D eigenvalue weighted by Crippen LogP contribution is 2.20. The van der Waals surface area contributed by atoms with Crippen molar-refractivity contribution >= 4 is 0 Å². The summed E-state index contributed by atoms with van der Waals surface area (Å²) in [7, 11) is 0. The number of unbranched alkanes of at least 4 members (excludes halogenated alkanes) is 6.